The van der Waals surface area contributed by atoms with Crippen LogP contribution in [0.15, 0.2) is 0 Å². The molecule has 0 saturated heterocycles. The van der Waals surface area contributed by atoms with Crippen LogP contribution in [0.25, 0.3) is 0 Å². The second kappa shape index (κ2) is 5.64. The molecule has 0 aliphatic heterocycles. The van der Waals surface area contributed by atoms with Crippen molar-refractivity contribution in [2.75, 3.05) is 13.6 Å². The third-order valence-electron chi connectivity index (χ3n) is 3.72. The molecule has 0 spiro atoms. The molecular weight excluding hydrogens is 202 g/mol. The lowest BCUT2D eigenvalue weighted by Gasteiger charge is -2.34. The fraction of sp³-hybridized carbons (Fsp3) is 0.917. The highest BCUT2D eigenvalue weighted by atomic mass is 16.1. The average Bonchev–Trinajstić information content (AvgIpc) is 2.09. The maximum Gasteiger partial charge on any atom is 0.237 e. The van der Waals surface area contributed by atoms with Gasteiger partial charge in [0.05, 0.1) is 5.54 Å². The molecule has 0 aromatic carbocycles. The van der Waals surface area contributed by atoms with E-state index >= 15 is 0 Å². The van der Waals surface area contributed by atoms with Crippen LogP contribution in [0, 0.1) is 0 Å². The molecule has 1 aliphatic carbocycles. The first kappa shape index (κ1) is 13.5. The molecule has 94 valence electrons. The summed E-state index contributed by atoms with van der Waals surface area (Å²) < 4.78 is 0. The van der Waals surface area contributed by atoms with Gasteiger partial charge >= 0.3 is 0 Å². The summed E-state index contributed by atoms with van der Waals surface area (Å²) in [6.07, 6.45) is 6.79. The van der Waals surface area contributed by atoms with E-state index < -0.39 is 11.4 Å². The van der Waals surface area contributed by atoms with Gasteiger partial charge in [0.1, 0.15) is 0 Å². The van der Waals surface area contributed by atoms with Gasteiger partial charge < -0.3 is 16.4 Å². The molecule has 0 aromatic heterocycles. The topological polar surface area (TPSA) is 72.3 Å². The first-order valence-electron chi connectivity index (χ1n) is 6.22. The summed E-state index contributed by atoms with van der Waals surface area (Å²) in [5.41, 5.74) is 10.2. The van der Waals surface area contributed by atoms with Gasteiger partial charge in [-0.3, -0.25) is 4.79 Å². The third kappa shape index (κ3) is 3.76. The summed E-state index contributed by atoms with van der Waals surface area (Å²) in [5.74, 6) is -0.403. The Balaban J connectivity index is 2.09. The van der Waals surface area contributed by atoms with Crippen LogP contribution in [0.4, 0.5) is 0 Å². The summed E-state index contributed by atoms with van der Waals surface area (Å²) in [7, 11) is 2.18. The summed E-state index contributed by atoms with van der Waals surface area (Å²) in [4.78, 5) is 13.4. The van der Waals surface area contributed by atoms with Crippen molar-refractivity contribution in [3.8, 4) is 0 Å². The minimum atomic E-state index is -0.838. The van der Waals surface area contributed by atoms with E-state index in [0.717, 1.165) is 25.4 Å². The van der Waals surface area contributed by atoms with E-state index in [1.807, 2.05) is 0 Å². The minimum Gasteiger partial charge on any atom is -0.368 e. The highest BCUT2D eigenvalue weighted by molar-refractivity contribution is 5.83. The van der Waals surface area contributed by atoms with Crippen molar-refractivity contribution in [1.29, 1.82) is 0 Å². The SMILES string of the molecule is CN(CCCCC(C)(N)C(N)=O)C1CCC1. The fourth-order valence-electron chi connectivity index (χ4n) is 1.99. The molecule has 1 unspecified atom stereocenters. The molecule has 4 N–H and O–H groups in total. The number of hydrogen-bond acceptors (Lipinski definition) is 3. The van der Waals surface area contributed by atoms with Crippen molar-refractivity contribution in [3.05, 3.63) is 0 Å². The van der Waals surface area contributed by atoms with Gasteiger partial charge in [0.15, 0.2) is 0 Å². The molecule has 1 aliphatic rings. The monoisotopic (exact) mass is 227 g/mol. The molecule has 1 fully saturated rings. The number of nitrogens with zero attached hydrogens (tertiary/aromatic N) is 1. The van der Waals surface area contributed by atoms with Crippen molar-refractivity contribution >= 4 is 5.91 Å². The molecule has 0 aromatic rings. The molecule has 1 saturated carbocycles. The Morgan fingerprint density at radius 3 is 2.50 bits per heavy atom. The third-order valence-corrected chi connectivity index (χ3v) is 3.72. The highest BCUT2D eigenvalue weighted by Gasteiger charge is 2.25. The Morgan fingerprint density at radius 2 is 2.06 bits per heavy atom. The van der Waals surface area contributed by atoms with Gasteiger partial charge in [0.2, 0.25) is 5.91 Å². The van der Waals surface area contributed by atoms with Crippen molar-refractivity contribution in [2.45, 2.75) is 57.0 Å². The standard InChI is InChI=1S/C12H25N3O/c1-12(14,11(13)16)8-3-4-9-15(2)10-6-5-7-10/h10H,3-9,14H2,1-2H3,(H2,13,16). The fourth-order valence-corrected chi connectivity index (χ4v) is 1.99. The predicted octanol–water partition coefficient (Wildman–Crippen LogP) is 0.844. The number of carbonyl (C=O) groups excluding carboxylic acids is 1. The maximum absolute atomic E-state index is 11.0. The average molecular weight is 227 g/mol. The lowest BCUT2D eigenvalue weighted by Crippen LogP contribution is -2.49. The molecule has 0 heterocycles. The Hall–Kier alpha value is -0.610. The second-order valence-corrected chi connectivity index (χ2v) is 5.30. The number of hydrogen-bond donors (Lipinski definition) is 2. The molecule has 0 radical (unpaired) electrons. The number of amides is 1. The Kier molecular flexibility index (Phi) is 4.74. The van der Waals surface area contributed by atoms with Gasteiger partial charge in [-0.1, -0.05) is 6.42 Å². The van der Waals surface area contributed by atoms with Crippen molar-refractivity contribution in [1.82, 2.24) is 4.90 Å². The Morgan fingerprint density at radius 1 is 1.44 bits per heavy atom. The van der Waals surface area contributed by atoms with Crippen LogP contribution in [0.5, 0.6) is 0 Å². The van der Waals surface area contributed by atoms with Gasteiger partial charge in [0, 0.05) is 6.04 Å². The zero-order valence-corrected chi connectivity index (χ0v) is 10.5. The molecule has 4 nitrogen and oxygen atoms in total. The lowest BCUT2D eigenvalue weighted by molar-refractivity contribution is -0.122. The molecule has 0 bridgehead atoms. The van der Waals surface area contributed by atoms with Crippen LogP contribution < -0.4 is 11.5 Å². The Labute approximate surface area is 98.3 Å². The minimum absolute atomic E-state index is 0.403. The van der Waals surface area contributed by atoms with E-state index in [-0.39, 0.29) is 0 Å². The van der Waals surface area contributed by atoms with Crippen molar-refractivity contribution in [3.63, 3.8) is 0 Å². The van der Waals surface area contributed by atoms with E-state index in [1.165, 1.54) is 19.3 Å². The molecule has 1 atom stereocenters. The van der Waals surface area contributed by atoms with Gasteiger partial charge in [-0.05, 0) is 52.6 Å². The van der Waals surface area contributed by atoms with Crippen LogP contribution in [0.2, 0.25) is 0 Å². The first-order chi connectivity index (χ1) is 7.43. The largest absolute Gasteiger partial charge is 0.368 e. The quantitative estimate of drug-likeness (QED) is 0.633. The lowest BCUT2D eigenvalue weighted by atomic mass is 9.91. The zero-order chi connectivity index (χ0) is 12.2. The molecule has 16 heavy (non-hydrogen) atoms. The van der Waals surface area contributed by atoms with Gasteiger partial charge in [-0.15, -0.1) is 0 Å². The van der Waals surface area contributed by atoms with E-state index in [2.05, 4.69) is 11.9 Å². The number of primary amides is 1. The van der Waals surface area contributed by atoms with Gasteiger partial charge in [0.25, 0.3) is 0 Å². The van der Waals surface area contributed by atoms with Crippen LogP contribution in [0.1, 0.15) is 45.4 Å². The zero-order valence-electron chi connectivity index (χ0n) is 10.5. The molecule has 4 heteroatoms. The number of nitrogens with two attached hydrogens (primary N) is 2. The summed E-state index contributed by atoms with van der Waals surface area (Å²) in [6.45, 7) is 2.81. The summed E-state index contributed by atoms with van der Waals surface area (Å²) in [6, 6.07) is 0.792. The number of unbranched alkanes of at least 4 members (excludes halogenated alkanes) is 1. The van der Waals surface area contributed by atoms with Gasteiger partial charge in [-0.2, -0.15) is 0 Å². The first-order valence-corrected chi connectivity index (χ1v) is 6.22. The van der Waals surface area contributed by atoms with E-state index in [1.54, 1.807) is 6.92 Å². The normalized spacial score (nSPS) is 20.5. The predicted molar refractivity (Wildman–Crippen MR) is 65.9 cm³/mol. The number of carbonyl (C=O) groups is 1. The van der Waals surface area contributed by atoms with Crippen molar-refractivity contribution < 1.29 is 4.79 Å². The molecule has 1 amide bonds. The van der Waals surface area contributed by atoms with Gasteiger partial charge in [-0.25, -0.2) is 0 Å². The molecular formula is C12H25N3O. The van der Waals surface area contributed by atoms with E-state index in [4.69, 9.17) is 11.5 Å². The van der Waals surface area contributed by atoms with E-state index in [9.17, 15) is 4.79 Å². The maximum atomic E-state index is 11.0. The Bertz CT molecular complexity index is 236. The smallest absolute Gasteiger partial charge is 0.237 e. The number of rotatable bonds is 7. The second-order valence-electron chi connectivity index (χ2n) is 5.30. The van der Waals surface area contributed by atoms with Crippen LogP contribution in [-0.4, -0.2) is 36.0 Å². The molecule has 1 rings (SSSR count). The highest BCUT2D eigenvalue weighted by Crippen LogP contribution is 2.23. The van der Waals surface area contributed by atoms with E-state index in [0.29, 0.717) is 6.42 Å². The summed E-state index contributed by atoms with van der Waals surface area (Å²) >= 11 is 0. The summed E-state index contributed by atoms with van der Waals surface area (Å²) in [5, 5.41) is 0. The van der Waals surface area contributed by atoms with Crippen molar-refractivity contribution in [2.24, 2.45) is 11.5 Å². The van der Waals surface area contributed by atoms with Crippen LogP contribution in [0.3, 0.4) is 0 Å². The van der Waals surface area contributed by atoms with Crippen LogP contribution in [-0.2, 0) is 4.79 Å². The van der Waals surface area contributed by atoms with Crippen LogP contribution >= 0.6 is 0 Å².